The van der Waals surface area contributed by atoms with Gasteiger partial charge in [-0.3, -0.25) is 30.0 Å². The highest BCUT2D eigenvalue weighted by Crippen LogP contribution is 2.37. The molecule has 9 heteroatoms. The van der Waals surface area contributed by atoms with Gasteiger partial charge < -0.3 is 5.32 Å². The number of para-hydroxylation sites is 1. The Kier molecular flexibility index (Phi) is 4.98. The maximum Gasteiger partial charge on any atom is 0.258 e. The minimum atomic E-state index is -1.56. The molecule has 0 aliphatic carbocycles. The number of fused-ring (bicyclic) bond motifs is 1. The number of Topliss-reactive ketones (excluding diaryl/α,β-unsaturated/α-hetero) is 1. The average Bonchev–Trinajstić information content (AvgIpc) is 3.43. The van der Waals surface area contributed by atoms with Crippen LogP contribution in [-0.4, -0.2) is 29.2 Å². The monoisotopic (exact) mass is 367 g/mol. The van der Waals surface area contributed by atoms with Gasteiger partial charge in [0.25, 0.3) is 5.91 Å². The lowest BCUT2D eigenvalue weighted by atomic mass is 9.91. The molecule has 2 aliphatic heterocycles. The molecule has 27 heavy (non-hydrogen) atoms. The van der Waals surface area contributed by atoms with Crippen LogP contribution in [0, 0.1) is 18.3 Å². The predicted octanol–water partition coefficient (Wildman–Crippen LogP) is 0.941. The second-order valence-corrected chi connectivity index (χ2v) is 6.26. The summed E-state index contributed by atoms with van der Waals surface area (Å²) in [6.45, 7) is 0. The second kappa shape index (κ2) is 7.37. The number of anilines is 1. The van der Waals surface area contributed by atoms with Gasteiger partial charge in [-0.2, -0.15) is 10.2 Å². The maximum atomic E-state index is 12.4. The van der Waals surface area contributed by atoms with Crippen LogP contribution in [0.1, 0.15) is 36.0 Å². The third kappa shape index (κ3) is 4.00. The summed E-state index contributed by atoms with van der Waals surface area (Å²) in [5.74, 6) is -1.81. The fourth-order valence-corrected chi connectivity index (χ4v) is 2.77. The molecule has 1 aromatic carbocycles. The highest BCUT2D eigenvalue weighted by atomic mass is 16.2. The average molecular weight is 367 g/mol. The van der Waals surface area contributed by atoms with Crippen LogP contribution in [0.5, 0.6) is 0 Å². The van der Waals surface area contributed by atoms with E-state index in [1.807, 2.05) is 0 Å². The van der Waals surface area contributed by atoms with Gasteiger partial charge in [-0.15, -0.1) is 12.3 Å². The van der Waals surface area contributed by atoms with Crippen molar-refractivity contribution in [2.45, 2.75) is 31.3 Å². The first-order chi connectivity index (χ1) is 13.0. The van der Waals surface area contributed by atoms with Gasteiger partial charge in [0.1, 0.15) is 0 Å². The van der Waals surface area contributed by atoms with Crippen LogP contribution < -0.4 is 16.2 Å². The van der Waals surface area contributed by atoms with E-state index in [1.165, 1.54) is 6.07 Å². The normalized spacial score (nSPS) is 18.7. The molecule has 1 atom stereocenters. The van der Waals surface area contributed by atoms with E-state index in [0.29, 0.717) is 24.9 Å². The van der Waals surface area contributed by atoms with Crippen molar-refractivity contribution in [2.24, 2.45) is 16.1 Å². The molecule has 2 aliphatic rings. The van der Waals surface area contributed by atoms with Gasteiger partial charge in [-0.1, -0.05) is 12.1 Å². The van der Waals surface area contributed by atoms with Crippen molar-refractivity contribution in [1.82, 2.24) is 10.9 Å². The molecule has 9 nitrogen and oxygen atoms in total. The Hall–Kier alpha value is -3.54. The Labute approximate surface area is 155 Å². The van der Waals surface area contributed by atoms with Crippen molar-refractivity contribution in [2.75, 3.05) is 5.32 Å². The number of hydrogen-bond acceptors (Lipinski definition) is 6. The molecule has 1 aromatic rings. The topological polar surface area (TPSA) is 129 Å². The third-order valence-electron chi connectivity index (χ3n) is 4.37. The van der Waals surface area contributed by atoms with Crippen LogP contribution in [0.15, 0.2) is 34.5 Å². The summed E-state index contributed by atoms with van der Waals surface area (Å²) in [6.07, 6.45) is 6.71. The molecule has 138 valence electrons. The summed E-state index contributed by atoms with van der Waals surface area (Å²) in [5, 5.41) is 10.3. The molecule has 3 N–H and O–H groups in total. The van der Waals surface area contributed by atoms with Crippen LogP contribution in [0.2, 0.25) is 0 Å². The molecule has 0 spiro atoms. The number of hydrogen-bond donors (Lipinski definition) is 3. The fraction of sp³-hybridized carbons (Fsp3) is 0.333. The number of ketones is 1. The number of carbonyl (C=O) groups is 4. The third-order valence-corrected chi connectivity index (χ3v) is 4.37. The van der Waals surface area contributed by atoms with Crippen LogP contribution in [0.3, 0.4) is 0 Å². The molecule has 0 saturated heterocycles. The number of carbonyl (C=O) groups excluding carboxylic acids is 4. The lowest BCUT2D eigenvalue weighted by Crippen LogP contribution is -2.51. The zero-order chi connectivity index (χ0) is 19.4. The van der Waals surface area contributed by atoms with E-state index in [2.05, 4.69) is 32.3 Å². The Balaban J connectivity index is 1.51. The van der Waals surface area contributed by atoms with E-state index >= 15 is 0 Å². The van der Waals surface area contributed by atoms with Gasteiger partial charge in [0.05, 0.1) is 5.69 Å². The van der Waals surface area contributed by atoms with E-state index in [-0.39, 0.29) is 12.0 Å². The highest BCUT2D eigenvalue weighted by Gasteiger charge is 2.41. The molecular formula is C18H17N5O4. The Bertz CT molecular complexity index is 880. The summed E-state index contributed by atoms with van der Waals surface area (Å²) in [4.78, 5) is 48.6. The lowest BCUT2D eigenvalue weighted by molar-refractivity contribution is -0.134. The Morgan fingerprint density at radius 2 is 1.93 bits per heavy atom. The van der Waals surface area contributed by atoms with Crippen molar-refractivity contribution < 1.29 is 19.2 Å². The van der Waals surface area contributed by atoms with Crippen LogP contribution in [-0.2, 0) is 14.4 Å². The zero-order valence-electron chi connectivity index (χ0n) is 14.3. The summed E-state index contributed by atoms with van der Waals surface area (Å²) in [6, 6.07) is 6.40. The van der Waals surface area contributed by atoms with Gasteiger partial charge in [0.15, 0.2) is 17.4 Å². The highest BCUT2D eigenvalue weighted by molar-refractivity contribution is 6.30. The van der Waals surface area contributed by atoms with Crippen molar-refractivity contribution in [3.63, 3.8) is 0 Å². The Morgan fingerprint density at radius 1 is 1.19 bits per heavy atom. The van der Waals surface area contributed by atoms with E-state index in [0.717, 1.165) is 0 Å². The molecular weight excluding hydrogens is 350 g/mol. The van der Waals surface area contributed by atoms with E-state index in [4.69, 9.17) is 6.42 Å². The first-order valence-corrected chi connectivity index (χ1v) is 8.36. The molecule has 3 rings (SSSR count). The molecule has 3 amide bonds. The minimum Gasteiger partial charge on any atom is -0.324 e. The molecule has 0 aromatic heterocycles. The van der Waals surface area contributed by atoms with Gasteiger partial charge in [0.2, 0.25) is 11.8 Å². The second-order valence-electron chi connectivity index (χ2n) is 6.26. The van der Waals surface area contributed by atoms with Gasteiger partial charge in [-0.25, -0.2) is 0 Å². The first-order valence-electron chi connectivity index (χ1n) is 8.36. The maximum absolute atomic E-state index is 12.4. The molecule has 0 saturated carbocycles. The molecule has 2 heterocycles. The van der Waals surface area contributed by atoms with Crippen molar-refractivity contribution in [3.8, 4) is 12.3 Å². The van der Waals surface area contributed by atoms with Gasteiger partial charge >= 0.3 is 0 Å². The van der Waals surface area contributed by atoms with Crippen molar-refractivity contribution in [3.05, 3.63) is 29.8 Å². The van der Waals surface area contributed by atoms with Gasteiger partial charge in [-0.05, 0) is 12.1 Å². The van der Waals surface area contributed by atoms with Crippen molar-refractivity contribution in [1.29, 1.82) is 0 Å². The molecule has 0 bridgehead atoms. The number of amides is 3. The number of nitrogens with zero attached hydrogens (tertiary/aromatic N) is 2. The first kappa shape index (κ1) is 18.3. The van der Waals surface area contributed by atoms with Crippen molar-refractivity contribution >= 4 is 29.2 Å². The summed E-state index contributed by atoms with van der Waals surface area (Å²) >= 11 is 0. The van der Waals surface area contributed by atoms with Gasteiger partial charge in [0, 0.05) is 31.2 Å². The van der Waals surface area contributed by atoms with Crippen LogP contribution in [0.4, 0.5) is 5.69 Å². The van der Waals surface area contributed by atoms with E-state index in [9.17, 15) is 19.2 Å². The predicted molar refractivity (Wildman–Crippen MR) is 94.1 cm³/mol. The number of benzene rings is 1. The number of hydrazine groups is 1. The van der Waals surface area contributed by atoms with E-state index < -0.39 is 35.1 Å². The summed E-state index contributed by atoms with van der Waals surface area (Å²) in [7, 11) is 0. The number of terminal acetylenes is 1. The zero-order valence-corrected chi connectivity index (χ0v) is 14.3. The largest absolute Gasteiger partial charge is 0.324 e. The standard InChI is InChI=1S/C18H17N5O4/c1-2-3-9-18(22-23-18)10-8-13(24)20-21-17(27)14-15(25)11-6-4-5-7-12(11)19-16(14)26/h1,4-7,14H,3,8-10H2,(H,19,26)(H,20,24)(H,21,27). The van der Waals surface area contributed by atoms with E-state index in [1.54, 1.807) is 18.2 Å². The fourth-order valence-electron chi connectivity index (χ4n) is 2.77. The quantitative estimate of drug-likeness (QED) is 0.392. The number of nitrogens with one attached hydrogen (secondary N) is 3. The lowest BCUT2D eigenvalue weighted by Gasteiger charge is -2.22. The summed E-state index contributed by atoms with van der Waals surface area (Å²) < 4.78 is 0. The van der Waals surface area contributed by atoms with Crippen LogP contribution >= 0.6 is 0 Å². The summed E-state index contributed by atoms with van der Waals surface area (Å²) in [5.41, 5.74) is 4.34. The SMILES string of the molecule is C#CCCC1(CCC(=O)NNC(=O)C2C(=O)Nc3ccccc3C2=O)N=N1. The van der Waals surface area contributed by atoms with Crippen LogP contribution in [0.25, 0.3) is 0 Å². The molecule has 0 fully saturated rings. The molecule has 1 unspecified atom stereocenters. The minimum absolute atomic E-state index is 0.0610. The number of rotatable bonds is 6. The molecule has 0 radical (unpaired) electrons. The Morgan fingerprint density at radius 3 is 2.63 bits per heavy atom. The smallest absolute Gasteiger partial charge is 0.258 e.